The first-order chi connectivity index (χ1) is 6.76. The van der Waals surface area contributed by atoms with E-state index >= 15 is 0 Å². The third-order valence-corrected chi connectivity index (χ3v) is 1.74. The number of methoxy groups -OCH3 is 1. The molecule has 0 aromatic heterocycles. The van der Waals surface area contributed by atoms with Crippen LogP contribution in [0.25, 0.3) is 0 Å². The maximum absolute atomic E-state index is 11.3. The van der Waals surface area contributed by atoms with Crippen LogP contribution in [0, 0.1) is 0 Å². The number of rotatable bonds is 5. The van der Waals surface area contributed by atoms with Crippen molar-refractivity contribution in [1.82, 2.24) is 5.32 Å². The van der Waals surface area contributed by atoms with E-state index in [0.717, 1.165) is 0 Å². The number of nitrogens with one attached hydrogen (secondary N) is 1. The quantitative estimate of drug-likeness (QED) is 0.720. The molecular weight excluding hydrogens is 234 g/mol. The van der Waals surface area contributed by atoms with Crippen molar-refractivity contribution < 1.29 is 19.4 Å². The molecule has 0 aromatic carbocycles. The van der Waals surface area contributed by atoms with Gasteiger partial charge < -0.3 is 9.84 Å². The molecule has 0 aliphatic rings. The average molecular weight is 254 g/mol. The van der Waals surface area contributed by atoms with Gasteiger partial charge >= 0.3 is 11.9 Å². The van der Waals surface area contributed by atoms with Gasteiger partial charge in [0.1, 0.15) is 6.04 Å². The molecule has 0 rings (SSSR count). The van der Waals surface area contributed by atoms with Gasteiger partial charge in [-0.3, -0.25) is 14.9 Å². The van der Waals surface area contributed by atoms with Crippen molar-refractivity contribution in [3.63, 3.8) is 0 Å². The summed E-state index contributed by atoms with van der Waals surface area (Å²) in [7, 11) is 1.29. The van der Waals surface area contributed by atoms with Gasteiger partial charge in [0.2, 0.25) is 0 Å². The molecule has 0 fully saturated rings. The Morgan fingerprint density at radius 2 is 1.88 bits per heavy atom. The zero-order valence-corrected chi connectivity index (χ0v) is 10.9. The molecule has 96 valence electrons. The fourth-order valence-electron chi connectivity index (χ4n) is 1.18. The van der Waals surface area contributed by atoms with E-state index in [4.69, 9.17) is 5.11 Å². The number of esters is 1. The lowest BCUT2D eigenvalue weighted by Gasteiger charge is -2.26. The van der Waals surface area contributed by atoms with Crippen molar-refractivity contribution >= 4 is 24.3 Å². The van der Waals surface area contributed by atoms with Gasteiger partial charge in [-0.15, -0.1) is 12.4 Å². The molecule has 0 radical (unpaired) electrons. The molecule has 6 heteroatoms. The Bertz CT molecular complexity index is 237. The van der Waals surface area contributed by atoms with Crippen LogP contribution in [-0.2, 0) is 14.3 Å². The zero-order chi connectivity index (χ0) is 12.1. The number of hydrogen-bond acceptors (Lipinski definition) is 4. The highest BCUT2D eigenvalue weighted by atomic mass is 35.5. The molecule has 0 saturated carbocycles. The van der Waals surface area contributed by atoms with Crippen molar-refractivity contribution in [3.8, 4) is 0 Å². The summed E-state index contributed by atoms with van der Waals surface area (Å²) >= 11 is 0. The smallest absolute Gasteiger partial charge is 0.322 e. The predicted octanol–water partition coefficient (Wildman–Crippen LogP) is 1.20. The van der Waals surface area contributed by atoms with E-state index in [9.17, 15) is 9.59 Å². The summed E-state index contributed by atoms with van der Waals surface area (Å²) < 4.78 is 4.60. The monoisotopic (exact) mass is 253 g/mol. The van der Waals surface area contributed by atoms with Crippen LogP contribution < -0.4 is 5.32 Å². The summed E-state index contributed by atoms with van der Waals surface area (Å²) in [6.45, 7) is 5.72. The number of carbonyl (C=O) groups is 2. The third-order valence-electron chi connectivity index (χ3n) is 1.74. The van der Waals surface area contributed by atoms with Crippen LogP contribution in [0.3, 0.4) is 0 Å². The van der Waals surface area contributed by atoms with Crippen molar-refractivity contribution in [2.24, 2.45) is 0 Å². The van der Waals surface area contributed by atoms with Gasteiger partial charge in [-0.25, -0.2) is 0 Å². The predicted molar refractivity (Wildman–Crippen MR) is 62.8 cm³/mol. The molecule has 0 heterocycles. The van der Waals surface area contributed by atoms with E-state index in [1.54, 1.807) is 0 Å². The largest absolute Gasteiger partial charge is 0.481 e. The Kier molecular flexibility index (Phi) is 8.20. The fourth-order valence-corrected chi connectivity index (χ4v) is 1.18. The van der Waals surface area contributed by atoms with E-state index in [-0.39, 0.29) is 30.8 Å². The highest BCUT2D eigenvalue weighted by Gasteiger charge is 2.24. The first-order valence-electron chi connectivity index (χ1n) is 4.83. The van der Waals surface area contributed by atoms with Crippen molar-refractivity contribution in [1.29, 1.82) is 0 Å². The van der Waals surface area contributed by atoms with Crippen molar-refractivity contribution in [2.45, 2.75) is 45.2 Å². The van der Waals surface area contributed by atoms with Crippen LogP contribution in [0.1, 0.15) is 33.6 Å². The highest BCUT2D eigenvalue weighted by molar-refractivity contribution is 5.85. The van der Waals surface area contributed by atoms with Crippen LogP contribution in [-0.4, -0.2) is 35.7 Å². The average Bonchev–Trinajstić information content (AvgIpc) is 2.08. The van der Waals surface area contributed by atoms with Gasteiger partial charge in [0.15, 0.2) is 0 Å². The highest BCUT2D eigenvalue weighted by Crippen LogP contribution is 2.07. The summed E-state index contributed by atoms with van der Waals surface area (Å²) in [6, 6.07) is -0.564. The number of halogens is 1. The Hall–Kier alpha value is -0.810. The summed E-state index contributed by atoms with van der Waals surface area (Å²) in [5.74, 6) is -1.34. The molecule has 0 aliphatic carbocycles. The molecule has 0 bridgehead atoms. The van der Waals surface area contributed by atoms with Crippen LogP contribution >= 0.6 is 12.4 Å². The van der Waals surface area contributed by atoms with E-state index < -0.39 is 18.0 Å². The van der Waals surface area contributed by atoms with E-state index in [2.05, 4.69) is 10.1 Å². The minimum Gasteiger partial charge on any atom is -0.481 e. The second kappa shape index (κ2) is 7.46. The first-order valence-corrected chi connectivity index (χ1v) is 4.83. The summed E-state index contributed by atoms with van der Waals surface area (Å²) in [5, 5.41) is 11.6. The lowest BCUT2D eigenvalue weighted by molar-refractivity contribution is -0.144. The molecule has 0 spiro atoms. The summed E-state index contributed by atoms with van der Waals surface area (Å²) in [4.78, 5) is 21.7. The SMILES string of the molecule is COC(=O)C(CCC(=O)O)NC(C)(C)C.Cl. The number of ether oxygens (including phenoxy) is 1. The molecule has 2 N–H and O–H groups in total. The molecule has 16 heavy (non-hydrogen) atoms. The standard InChI is InChI=1S/C10H19NO4.ClH/c1-10(2,3)11-7(9(14)15-4)5-6-8(12)13;/h7,11H,5-6H2,1-4H3,(H,12,13);1H. The minimum atomic E-state index is -0.917. The number of carboxylic acids is 1. The van der Waals surface area contributed by atoms with Gasteiger partial charge in [-0.2, -0.15) is 0 Å². The van der Waals surface area contributed by atoms with Crippen LogP contribution in [0.4, 0.5) is 0 Å². The Balaban J connectivity index is 0. The van der Waals surface area contributed by atoms with Crippen LogP contribution in [0.15, 0.2) is 0 Å². The summed E-state index contributed by atoms with van der Waals surface area (Å²) in [5.41, 5.74) is -0.253. The number of hydrogen-bond donors (Lipinski definition) is 2. The molecule has 0 saturated heterocycles. The first kappa shape index (κ1) is 17.6. The second-order valence-corrected chi connectivity index (χ2v) is 4.40. The van der Waals surface area contributed by atoms with Gasteiger partial charge in [-0.05, 0) is 27.2 Å². The Morgan fingerprint density at radius 3 is 2.19 bits per heavy atom. The molecule has 5 nitrogen and oxygen atoms in total. The number of carbonyl (C=O) groups excluding carboxylic acids is 1. The molecule has 1 unspecified atom stereocenters. The molecular formula is C10H20ClNO4. The van der Waals surface area contributed by atoms with E-state index in [0.29, 0.717) is 0 Å². The second-order valence-electron chi connectivity index (χ2n) is 4.40. The maximum Gasteiger partial charge on any atom is 0.322 e. The van der Waals surface area contributed by atoms with Crippen molar-refractivity contribution in [2.75, 3.05) is 7.11 Å². The van der Waals surface area contributed by atoms with Gasteiger partial charge in [-0.1, -0.05) is 0 Å². The van der Waals surface area contributed by atoms with Crippen molar-refractivity contribution in [3.05, 3.63) is 0 Å². The van der Waals surface area contributed by atoms with Gasteiger partial charge in [0, 0.05) is 12.0 Å². The van der Waals surface area contributed by atoms with Crippen LogP contribution in [0.5, 0.6) is 0 Å². The lowest BCUT2D eigenvalue weighted by Crippen LogP contribution is -2.48. The molecule has 0 aromatic rings. The lowest BCUT2D eigenvalue weighted by atomic mass is 10.0. The Morgan fingerprint density at radius 1 is 1.38 bits per heavy atom. The zero-order valence-electron chi connectivity index (χ0n) is 10.1. The Labute approximate surface area is 102 Å². The van der Waals surface area contributed by atoms with E-state index in [1.165, 1.54) is 7.11 Å². The summed E-state index contributed by atoms with van der Waals surface area (Å²) in [6.07, 6.45) is 0.183. The maximum atomic E-state index is 11.3. The fraction of sp³-hybridized carbons (Fsp3) is 0.800. The van der Waals surface area contributed by atoms with E-state index in [1.807, 2.05) is 20.8 Å². The topological polar surface area (TPSA) is 75.6 Å². The van der Waals surface area contributed by atoms with Crippen LogP contribution in [0.2, 0.25) is 0 Å². The minimum absolute atomic E-state index is 0. The number of aliphatic carboxylic acids is 1. The molecule has 1 atom stereocenters. The number of carboxylic acid groups (broad SMARTS) is 1. The van der Waals surface area contributed by atoms with Gasteiger partial charge in [0.05, 0.1) is 7.11 Å². The molecule has 0 aliphatic heterocycles. The van der Waals surface area contributed by atoms with Gasteiger partial charge in [0.25, 0.3) is 0 Å². The normalized spacial score (nSPS) is 12.5. The molecule has 0 amide bonds. The third kappa shape index (κ3) is 8.49.